The second-order valence-corrected chi connectivity index (χ2v) is 10.1. The maximum absolute atomic E-state index is 15.3. The molecule has 1 amide bonds. The van der Waals surface area contributed by atoms with E-state index in [-0.39, 0.29) is 23.1 Å². The summed E-state index contributed by atoms with van der Waals surface area (Å²) in [6.45, 7) is 6.72. The molecule has 4 N–H and O–H groups in total. The molecule has 0 aliphatic carbocycles. The van der Waals surface area contributed by atoms with Crippen LogP contribution >= 0.6 is 0 Å². The summed E-state index contributed by atoms with van der Waals surface area (Å²) in [4.78, 5) is 27.7. The Hall–Kier alpha value is -4.19. The fourth-order valence-corrected chi connectivity index (χ4v) is 5.28. The van der Waals surface area contributed by atoms with Gasteiger partial charge in [-0.25, -0.2) is 13.2 Å². The third-order valence-corrected chi connectivity index (χ3v) is 7.00. The summed E-state index contributed by atoms with van der Waals surface area (Å²) >= 11 is 0. The van der Waals surface area contributed by atoms with Crippen molar-refractivity contribution in [1.29, 1.82) is 5.41 Å². The second kappa shape index (κ2) is 10.5. The number of fused-ring (bicyclic) bond motifs is 1. The predicted molar refractivity (Wildman–Crippen MR) is 143 cm³/mol. The van der Waals surface area contributed by atoms with E-state index >= 15 is 4.39 Å². The minimum Gasteiger partial charge on any atom is -0.380 e. The van der Waals surface area contributed by atoms with Crippen LogP contribution in [0.5, 0.6) is 0 Å². The van der Waals surface area contributed by atoms with E-state index in [4.69, 9.17) is 5.41 Å². The molecular weight excluding hydrogens is 511 g/mol. The van der Waals surface area contributed by atoms with Crippen molar-refractivity contribution >= 4 is 29.2 Å². The molecule has 0 unspecified atom stereocenters. The van der Waals surface area contributed by atoms with E-state index in [0.717, 1.165) is 49.6 Å². The monoisotopic (exact) mass is 539 g/mol. The van der Waals surface area contributed by atoms with Gasteiger partial charge in [-0.1, -0.05) is 6.07 Å². The van der Waals surface area contributed by atoms with Gasteiger partial charge in [0, 0.05) is 56.1 Å². The van der Waals surface area contributed by atoms with Crippen molar-refractivity contribution in [3.63, 3.8) is 0 Å². The van der Waals surface area contributed by atoms with Gasteiger partial charge in [0.2, 0.25) is 0 Å². The summed E-state index contributed by atoms with van der Waals surface area (Å²) in [7, 11) is 0. The van der Waals surface area contributed by atoms with E-state index in [1.54, 1.807) is 0 Å². The summed E-state index contributed by atoms with van der Waals surface area (Å²) < 4.78 is 44.5. The number of aromatic nitrogens is 2. The summed E-state index contributed by atoms with van der Waals surface area (Å²) in [5.41, 5.74) is -0.804. The van der Waals surface area contributed by atoms with Gasteiger partial charge < -0.3 is 26.3 Å². The Balaban J connectivity index is 1.56. The van der Waals surface area contributed by atoms with E-state index in [2.05, 4.69) is 21.0 Å². The summed E-state index contributed by atoms with van der Waals surface area (Å²) in [5.74, 6) is -2.77. The molecule has 3 aromatic rings. The third-order valence-electron chi connectivity index (χ3n) is 7.00. The number of amides is 1. The Morgan fingerprint density at radius 1 is 1.08 bits per heavy atom. The molecule has 39 heavy (non-hydrogen) atoms. The minimum atomic E-state index is -1.02. The Morgan fingerprint density at radius 2 is 1.74 bits per heavy atom. The van der Waals surface area contributed by atoms with Gasteiger partial charge >= 0.3 is 0 Å². The van der Waals surface area contributed by atoms with Crippen molar-refractivity contribution < 1.29 is 18.0 Å². The van der Waals surface area contributed by atoms with Crippen LogP contribution in [0.2, 0.25) is 0 Å². The molecule has 2 aliphatic heterocycles. The van der Waals surface area contributed by atoms with Crippen LogP contribution in [0, 0.1) is 34.7 Å². The van der Waals surface area contributed by atoms with Gasteiger partial charge in [0.15, 0.2) is 11.6 Å². The number of carbonyl (C=O) groups is 1. The molecule has 3 heterocycles. The molecular formula is C27H28F3N7O2. The summed E-state index contributed by atoms with van der Waals surface area (Å²) in [6, 6.07) is 6.26. The van der Waals surface area contributed by atoms with Crippen molar-refractivity contribution in [2.24, 2.45) is 11.8 Å². The number of halogens is 3. The van der Waals surface area contributed by atoms with Crippen LogP contribution in [-0.2, 0) is 0 Å². The second-order valence-electron chi connectivity index (χ2n) is 10.1. The molecule has 1 aromatic heterocycles. The number of hydrogen-bond acceptors (Lipinski definition) is 7. The first-order valence-corrected chi connectivity index (χ1v) is 12.6. The van der Waals surface area contributed by atoms with E-state index in [1.165, 1.54) is 6.07 Å². The lowest BCUT2D eigenvalue weighted by Crippen LogP contribution is -2.29. The number of nitrogens with one attached hydrogen (secondary N) is 4. The summed E-state index contributed by atoms with van der Waals surface area (Å²) in [6.07, 6.45) is 1.06. The topological polar surface area (TPSA) is 115 Å². The number of hydrogen-bond donors (Lipinski definition) is 4. The average molecular weight is 540 g/mol. The maximum atomic E-state index is 15.3. The molecule has 2 aliphatic rings. The highest BCUT2D eigenvalue weighted by molar-refractivity contribution is 6.08. The van der Waals surface area contributed by atoms with Gasteiger partial charge in [0.05, 0.1) is 17.1 Å². The first kappa shape index (κ1) is 26.4. The number of nitrogens with zero attached hydrogens (tertiary/aromatic N) is 3. The zero-order valence-corrected chi connectivity index (χ0v) is 21.4. The highest BCUT2D eigenvalue weighted by Crippen LogP contribution is 2.41. The highest BCUT2D eigenvalue weighted by Gasteiger charge is 2.38. The number of benzene rings is 2. The van der Waals surface area contributed by atoms with Crippen molar-refractivity contribution in [3.8, 4) is 5.69 Å². The molecule has 0 spiro atoms. The SMILES string of the molecule is CC(C)Nc1c(F)cc(NC(=O)c2ccc(=O)n(-c3c(F)cccc3F)n2)c(N2C[C@H]3CNC[C@H]3C2)c1C=N. The number of rotatable bonds is 7. The average Bonchev–Trinajstić information content (AvgIpc) is 3.48. The maximum Gasteiger partial charge on any atom is 0.276 e. The lowest BCUT2D eigenvalue weighted by molar-refractivity contribution is 0.102. The lowest BCUT2D eigenvalue weighted by Gasteiger charge is -2.28. The van der Waals surface area contributed by atoms with Crippen LogP contribution in [0.4, 0.5) is 30.2 Å². The van der Waals surface area contributed by atoms with E-state index < -0.39 is 34.6 Å². The van der Waals surface area contributed by atoms with Crippen LogP contribution in [-0.4, -0.2) is 54.1 Å². The van der Waals surface area contributed by atoms with Crippen molar-refractivity contribution in [3.05, 3.63) is 75.5 Å². The molecule has 0 radical (unpaired) electrons. The number of anilines is 3. The van der Waals surface area contributed by atoms with Crippen LogP contribution in [0.1, 0.15) is 29.9 Å². The van der Waals surface area contributed by atoms with Crippen LogP contribution in [0.25, 0.3) is 5.69 Å². The van der Waals surface area contributed by atoms with Gasteiger partial charge in [-0.3, -0.25) is 9.59 Å². The van der Waals surface area contributed by atoms with Crippen molar-refractivity contribution in [2.45, 2.75) is 19.9 Å². The lowest BCUT2D eigenvalue weighted by atomic mass is 10.0. The predicted octanol–water partition coefficient (Wildman–Crippen LogP) is 3.38. The molecule has 0 saturated carbocycles. The largest absolute Gasteiger partial charge is 0.380 e. The zero-order chi connectivity index (χ0) is 27.8. The van der Waals surface area contributed by atoms with Gasteiger partial charge in [-0.2, -0.15) is 9.78 Å². The molecule has 9 nitrogen and oxygen atoms in total. The fraction of sp³-hybridized carbons (Fsp3) is 0.333. The van der Waals surface area contributed by atoms with E-state index in [0.29, 0.717) is 40.9 Å². The van der Waals surface area contributed by atoms with Gasteiger partial charge in [0.1, 0.15) is 17.2 Å². The molecule has 12 heteroatoms. The van der Waals surface area contributed by atoms with Gasteiger partial charge in [-0.05, 0) is 43.9 Å². The highest BCUT2D eigenvalue weighted by atomic mass is 19.1. The normalized spacial score (nSPS) is 18.4. The molecule has 204 valence electrons. The molecule has 2 atom stereocenters. The first-order chi connectivity index (χ1) is 18.7. The molecule has 0 bridgehead atoms. The quantitative estimate of drug-likeness (QED) is 0.343. The standard InChI is InChI=1S/C27H28F3N7O2/c1-14(2)33-24-17(9-31)25(36-12-15-10-32-11-16(15)13-36)22(8-20(24)30)34-27(39)21-6-7-23(38)37(35-21)26-18(28)4-3-5-19(26)29/h3-9,14-16,31-33H,10-13H2,1-2H3,(H,34,39)/t15-,16+. The fourth-order valence-electron chi connectivity index (χ4n) is 5.28. The van der Waals surface area contributed by atoms with Gasteiger partial charge in [-0.15, -0.1) is 0 Å². The third kappa shape index (κ3) is 4.99. The molecule has 2 fully saturated rings. The van der Waals surface area contributed by atoms with Crippen molar-refractivity contribution in [2.75, 3.05) is 41.7 Å². The summed E-state index contributed by atoms with van der Waals surface area (Å²) in [5, 5.41) is 21.1. The molecule has 2 saturated heterocycles. The Kier molecular flexibility index (Phi) is 7.13. The minimum absolute atomic E-state index is 0.113. The Morgan fingerprint density at radius 3 is 2.36 bits per heavy atom. The number of carbonyl (C=O) groups excluding carboxylic acids is 1. The molecule has 2 aromatic carbocycles. The van der Waals surface area contributed by atoms with Crippen LogP contribution in [0.3, 0.4) is 0 Å². The zero-order valence-electron chi connectivity index (χ0n) is 21.4. The molecule has 5 rings (SSSR count). The van der Waals surface area contributed by atoms with Crippen LogP contribution < -0.4 is 26.4 Å². The van der Waals surface area contributed by atoms with Crippen LogP contribution in [0.15, 0.2) is 41.2 Å². The number of para-hydroxylation sites is 1. The van der Waals surface area contributed by atoms with E-state index in [9.17, 15) is 18.4 Å². The van der Waals surface area contributed by atoms with Gasteiger partial charge in [0.25, 0.3) is 11.5 Å². The smallest absolute Gasteiger partial charge is 0.276 e. The Labute approximate surface area is 222 Å². The first-order valence-electron chi connectivity index (χ1n) is 12.6. The van der Waals surface area contributed by atoms with Crippen molar-refractivity contribution in [1.82, 2.24) is 15.1 Å². The Bertz CT molecular complexity index is 1480. The van der Waals surface area contributed by atoms with E-state index in [1.807, 2.05) is 18.7 Å².